The van der Waals surface area contributed by atoms with Gasteiger partial charge in [0.1, 0.15) is 4.70 Å². The second-order valence-electron chi connectivity index (χ2n) is 4.75. The first-order valence-corrected chi connectivity index (χ1v) is 7.55. The Bertz CT molecular complexity index is 571. The van der Waals surface area contributed by atoms with Crippen LogP contribution in [-0.2, 0) is 6.54 Å². The van der Waals surface area contributed by atoms with Gasteiger partial charge >= 0.3 is 0 Å². The molecule has 0 N–H and O–H groups in total. The smallest absolute Gasteiger partial charge is 0.271 e. The third-order valence-corrected chi connectivity index (χ3v) is 4.30. The molecule has 0 aliphatic heterocycles. The van der Waals surface area contributed by atoms with E-state index in [4.69, 9.17) is 0 Å². The normalized spacial score (nSPS) is 11.2. The molecule has 0 atom stereocenters. The van der Waals surface area contributed by atoms with E-state index in [0.717, 1.165) is 28.7 Å². The Morgan fingerprint density at radius 1 is 1.28 bits per heavy atom. The van der Waals surface area contributed by atoms with Crippen LogP contribution in [0.3, 0.4) is 0 Å². The molecular weight excluding hydrogens is 244 g/mol. The van der Waals surface area contributed by atoms with E-state index < -0.39 is 0 Å². The maximum Gasteiger partial charge on any atom is 0.271 e. The number of thiophene rings is 1. The van der Waals surface area contributed by atoms with Gasteiger partial charge in [0.05, 0.1) is 11.8 Å². The fourth-order valence-electron chi connectivity index (χ4n) is 2.11. The zero-order valence-corrected chi connectivity index (χ0v) is 11.9. The molecule has 2 rings (SSSR count). The van der Waals surface area contributed by atoms with Crippen molar-refractivity contribution >= 4 is 21.6 Å². The summed E-state index contributed by atoms with van der Waals surface area (Å²) in [5.41, 5.74) is 2.09. The summed E-state index contributed by atoms with van der Waals surface area (Å²) in [5, 5.41) is 2.00. The molecule has 0 amide bonds. The number of rotatable bonds is 6. The van der Waals surface area contributed by atoms with Gasteiger partial charge in [0.25, 0.3) is 5.56 Å². The molecule has 0 aromatic carbocycles. The number of aryl methyl sites for hydroxylation is 2. The highest BCUT2D eigenvalue weighted by Gasteiger charge is 2.07. The molecule has 0 aliphatic rings. The molecule has 2 aromatic heterocycles. The van der Waals surface area contributed by atoms with E-state index in [2.05, 4.69) is 11.9 Å². The molecular formula is C14H20N2OS. The molecule has 4 heteroatoms. The average Bonchev–Trinajstić information content (AvgIpc) is 2.74. The Morgan fingerprint density at radius 2 is 2.06 bits per heavy atom. The molecule has 3 nitrogen and oxygen atoms in total. The fourth-order valence-corrected chi connectivity index (χ4v) is 3.06. The topological polar surface area (TPSA) is 34.9 Å². The van der Waals surface area contributed by atoms with Crippen LogP contribution in [0.1, 0.15) is 44.6 Å². The molecule has 2 aromatic rings. The Hall–Kier alpha value is -1.16. The largest absolute Gasteiger partial charge is 0.298 e. The number of unbranched alkanes of at least 4 members (excludes halogenated alkanes) is 4. The molecule has 0 aliphatic carbocycles. The van der Waals surface area contributed by atoms with Gasteiger partial charge in [-0.3, -0.25) is 9.36 Å². The molecule has 0 saturated carbocycles. The van der Waals surface area contributed by atoms with Crippen LogP contribution >= 0.6 is 11.3 Å². The molecule has 0 unspecified atom stereocenters. The van der Waals surface area contributed by atoms with Crippen LogP contribution in [0, 0.1) is 6.92 Å². The first-order valence-electron chi connectivity index (χ1n) is 6.67. The summed E-state index contributed by atoms with van der Waals surface area (Å²) in [5.74, 6) is 0. The van der Waals surface area contributed by atoms with Crippen molar-refractivity contribution in [1.29, 1.82) is 0 Å². The molecule has 0 saturated heterocycles. The van der Waals surface area contributed by atoms with Gasteiger partial charge < -0.3 is 0 Å². The highest BCUT2D eigenvalue weighted by atomic mass is 32.1. The summed E-state index contributed by atoms with van der Waals surface area (Å²) in [4.78, 5) is 16.6. The van der Waals surface area contributed by atoms with Crippen molar-refractivity contribution in [2.75, 3.05) is 0 Å². The van der Waals surface area contributed by atoms with Crippen LogP contribution in [-0.4, -0.2) is 9.55 Å². The minimum absolute atomic E-state index is 0.119. The number of fused-ring (bicyclic) bond motifs is 1. The highest BCUT2D eigenvalue weighted by molar-refractivity contribution is 7.17. The average molecular weight is 264 g/mol. The van der Waals surface area contributed by atoms with E-state index >= 15 is 0 Å². The van der Waals surface area contributed by atoms with Crippen molar-refractivity contribution in [3.63, 3.8) is 0 Å². The Balaban J connectivity index is 2.05. The monoisotopic (exact) mass is 264 g/mol. The molecule has 18 heavy (non-hydrogen) atoms. The molecule has 2 heterocycles. The third-order valence-electron chi connectivity index (χ3n) is 3.23. The lowest BCUT2D eigenvalue weighted by Crippen LogP contribution is -2.19. The van der Waals surface area contributed by atoms with Crippen molar-refractivity contribution in [2.45, 2.75) is 52.5 Å². The second kappa shape index (κ2) is 6.14. The van der Waals surface area contributed by atoms with Gasteiger partial charge in [-0.25, -0.2) is 4.98 Å². The van der Waals surface area contributed by atoms with Crippen LogP contribution in [0.5, 0.6) is 0 Å². The van der Waals surface area contributed by atoms with Crippen molar-refractivity contribution in [3.8, 4) is 0 Å². The van der Waals surface area contributed by atoms with Crippen LogP contribution < -0.4 is 5.56 Å². The quantitative estimate of drug-likeness (QED) is 0.745. The molecule has 0 bridgehead atoms. The lowest BCUT2D eigenvalue weighted by Gasteiger charge is -2.04. The predicted molar refractivity (Wildman–Crippen MR) is 77.4 cm³/mol. The molecule has 98 valence electrons. The minimum atomic E-state index is 0.119. The number of hydrogen-bond donors (Lipinski definition) is 0. The number of nitrogens with zero attached hydrogens (tertiary/aromatic N) is 2. The lowest BCUT2D eigenvalue weighted by atomic mass is 10.1. The van der Waals surface area contributed by atoms with Gasteiger partial charge in [-0.2, -0.15) is 0 Å². The van der Waals surface area contributed by atoms with E-state index in [-0.39, 0.29) is 5.56 Å². The van der Waals surface area contributed by atoms with Crippen LogP contribution in [0.2, 0.25) is 0 Å². The first kappa shape index (κ1) is 13.3. The Kier molecular flexibility index (Phi) is 4.53. The van der Waals surface area contributed by atoms with Gasteiger partial charge in [0, 0.05) is 6.54 Å². The van der Waals surface area contributed by atoms with Crippen molar-refractivity contribution in [3.05, 3.63) is 27.6 Å². The minimum Gasteiger partial charge on any atom is -0.298 e. The second-order valence-corrected chi connectivity index (χ2v) is 5.63. The number of aromatic nitrogens is 2. The first-order chi connectivity index (χ1) is 8.74. The van der Waals surface area contributed by atoms with E-state index in [1.807, 2.05) is 12.3 Å². The highest BCUT2D eigenvalue weighted by Crippen LogP contribution is 2.19. The van der Waals surface area contributed by atoms with E-state index in [0.29, 0.717) is 0 Å². The van der Waals surface area contributed by atoms with Crippen LogP contribution in [0.25, 0.3) is 10.2 Å². The molecule has 0 spiro atoms. The summed E-state index contributed by atoms with van der Waals surface area (Å²) < 4.78 is 2.55. The standard InChI is InChI=1S/C14H20N2OS/c1-3-4-5-6-7-8-16-10-15-12-11(2)9-18-13(12)14(16)17/h9-10H,3-8H2,1-2H3. The predicted octanol–water partition coefficient (Wildman–Crippen LogP) is 3.74. The van der Waals surface area contributed by atoms with Gasteiger partial charge in [-0.1, -0.05) is 32.6 Å². The van der Waals surface area contributed by atoms with Crippen molar-refractivity contribution in [1.82, 2.24) is 9.55 Å². The lowest BCUT2D eigenvalue weighted by molar-refractivity contribution is 0.556. The molecule has 0 fully saturated rings. The summed E-state index contributed by atoms with van der Waals surface area (Å²) in [6.07, 6.45) is 7.76. The number of hydrogen-bond acceptors (Lipinski definition) is 3. The van der Waals surface area contributed by atoms with E-state index in [1.54, 1.807) is 10.9 Å². The summed E-state index contributed by atoms with van der Waals surface area (Å²) in [7, 11) is 0. The summed E-state index contributed by atoms with van der Waals surface area (Å²) >= 11 is 1.51. The van der Waals surface area contributed by atoms with Gasteiger partial charge in [0.15, 0.2) is 0 Å². The zero-order valence-electron chi connectivity index (χ0n) is 11.1. The van der Waals surface area contributed by atoms with E-state index in [1.165, 1.54) is 37.0 Å². The van der Waals surface area contributed by atoms with Crippen molar-refractivity contribution < 1.29 is 0 Å². The summed E-state index contributed by atoms with van der Waals surface area (Å²) in [6.45, 7) is 5.00. The maximum absolute atomic E-state index is 12.2. The Morgan fingerprint density at radius 3 is 2.83 bits per heavy atom. The zero-order chi connectivity index (χ0) is 13.0. The third kappa shape index (κ3) is 2.80. The summed E-state index contributed by atoms with van der Waals surface area (Å²) in [6, 6.07) is 0. The van der Waals surface area contributed by atoms with Crippen molar-refractivity contribution in [2.24, 2.45) is 0 Å². The van der Waals surface area contributed by atoms with Gasteiger partial charge in [-0.05, 0) is 24.3 Å². The van der Waals surface area contributed by atoms with Gasteiger partial charge in [-0.15, -0.1) is 11.3 Å². The van der Waals surface area contributed by atoms with Crippen LogP contribution in [0.4, 0.5) is 0 Å². The molecule has 0 radical (unpaired) electrons. The Labute approximate surface area is 111 Å². The fraction of sp³-hybridized carbons (Fsp3) is 0.571. The SMILES string of the molecule is CCCCCCCn1cnc2c(C)csc2c1=O. The van der Waals surface area contributed by atoms with Crippen LogP contribution in [0.15, 0.2) is 16.5 Å². The maximum atomic E-state index is 12.2. The van der Waals surface area contributed by atoms with E-state index in [9.17, 15) is 4.79 Å². The van der Waals surface area contributed by atoms with Gasteiger partial charge in [0.2, 0.25) is 0 Å².